The van der Waals surface area contributed by atoms with Crippen molar-refractivity contribution in [2.45, 2.75) is 39.8 Å². The molecule has 0 amide bonds. The number of ether oxygens (including phenoxy) is 1. The van der Waals surface area contributed by atoms with E-state index in [9.17, 15) is 0 Å². The van der Waals surface area contributed by atoms with E-state index in [1.54, 1.807) is 7.11 Å². The fourth-order valence-corrected chi connectivity index (χ4v) is 2.82. The molecule has 0 heterocycles. The summed E-state index contributed by atoms with van der Waals surface area (Å²) in [5.41, 5.74) is 9.99. The Morgan fingerprint density at radius 2 is 2.00 bits per heavy atom. The van der Waals surface area contributed by atoms with Gasteiger partial charge in [0.15, 0.2) is 0 Å². The van der Waals surface area contributed by atoms with Crippen molar-refractivity contribution in [2.75, 3.05) is 26.8 Å². The maximum atomic E-state index is 6.04. The van der Waals surface area contributed by atoms with Gasteiger partial charge >= 0.3 is 0 Å². The third kappa shape index (κ3) is 4.03. The topological polar surface area (TPSA) is 38.5 Å². The van der Waals surface area contributed by atoms with Gasteiger partial charge in [-0.1, -0.05) is 30.7 Å². The van der Waals surface area contributed by atoms with Crippen molar-refractivity contribution in [1.29, 1.82) is 0 Å². The van der Waals surface area contributed by atoms with E-state index in [0.29, 0.717) is 12.6 Å². The molecule has 0 fully saturated rings. The average molecular weight is 264 g/mol. The van der Waals surface area contributed by atoms with Crippen LogP contribution in [0.3, 0.4) is 0 Å². The van der Waals surface area contributed by atoms with Gasteiger partial charge in [-0.25, -0.2) is 0 Å². The van der Waals surface area contributed by atoms with Crippen LogP contribution in [0.25, 0.3) is 0 Å². The highest BCUT2D eigenvalue weighted by atomic mass is 16.5. The highest BCUT2D eigenvalue weighted by molar-refractivity contribution is 5.33. The molecule has 1 rings (SSSR count). The summed E-state index contributed by atoms with van der Waals surface area (Å²) in [4.78, 5) is 2.42. The molecule has 0 radical (unpaired) electrons. The minimum absolute atomic E-state index is 0.260. The van der Waals surface area contributed by atoms with Crippen LogP contribution < -0.4 is 5.73 Å². The van der Waals surface area contributed by atoms with E-state index >= 15 is 0 Å². The number of benzene rings is 1. The van der Waals surface area contributed by atoms with Crippen LogP contribution in [0.15, 0.2) is 18.2 Å². The number of rotatable bonds is 7. The smallest absolute Gasteiger partial charge is 0.0615 e. The highest BCUT2D eigenvalue weighted by Crippen LogP contribution is 2.25. The van der Waals surface area contributed by atoms with E-state index in [1.807, 2.05) is 0 Å². The van der Waals surface area contributed by atoms with Crippen LogP contribution in [0.1, 0.15) is 36.6 Å². The van der Waals surface area contributed by atoms with E-state index < -0.39 is 0 Å². The molecule has 1 aromatic rings. The largest absolute Gasteiger partial charge is 0.383 e. The maximum absolute atomic E-state index is 6.04. The molecule has 0 spiro atoms. The SMILES string of the molecule is CCN(C(C)COC)C(CN)c1ccc(C)cc1C. The first-order valence-corrected chi connectivity index (χ1v) is 7.07. The summed E-state index contributed by atoms with van der Waals surface area (Å²) in [7, 11) is 1.75. The Kier molecular flexibility index (Phi) is 6.49. The highest BCUT2D eigenvalue weighted by Gasteiger charge is 2.23. The van der Waals surface area contributed by atoms with E-state index in [4.69, 9.17) is 10.5 Å². The second-order valence-corrected chi connectivity index (χ2v) is 5.25. The lowest BCUT2D eigenvalue weighted by molar-refractivity contribution is 0.0749. The molecule has 108 valence electrons. The molecule has 2 unspecified atom stereocenters. The summed E-state index contributed by atoms with van der Waals surface area (Å²) < 4.78 is 5.28. The normalized spacial score (nSPS) is 14.7. The molecule has 0 bridgehead atoms. The number of nitrogens with two attached hydrogens (primary N) is 1. The van der Waals surface area contributed by atoms with Crippen LogP contribution in [0.4, 0.5) is 0 Å². The summed E-state index contributed by atoms with van der Waals surface area (Å²) in [6, 6.07) is 7.23. The van der Waals surface area contributed by atoms with Crippen molar-refractivity contribution in [3.05, 3.63) is 34.9 Å². The Morgan fingerprint density at radius 3 is 2.47 bits per heavy atom. The molecule has 2 N–H and O–H groups in total. The van der Waals surface area contributed by atoms with Crippen LogP contribution in [0.2, 0.25) is 0 Å². The summed E-state index contributed by atoms with van der Waals surface area (Å²) in [6.07, 6.45) is 0. The molecule has 19 heavy (non-hydrogen) atoms. The van der Waals surface area contributed by atoms with Crippen LogP contribution >= 0.6 is 0 Å². The molecule has 0 aliphatic rings. The summed E-state index contributed by atoms with van der Waals surface area (Å²) >= 11 is 0. The Bertz CT molecular complexity index is 392. The predicted molar refractivity (Wildman–Crippen MR) is 81.4 cm³/mol. The third-order valence-corrected chi connectivity index (χ3v) is 3.75. The van der Waals surface area contributed by atoms with Gasteiger partial charge in [-0.05, 0) is 38.4 Å². The minimum atomic E-state index is 0.260. The Hall–Kier alpha value is -0.900. The number of methoxy groups -OCH3 is 1. The molecule has 1 aromatic carbocycles. The Labute approximate surface area is 117 Å². The predicted octanol–water partition coefficient (Wildman–Crippen LogP) is 2.66. The fraction of sp³-hybridized carbons (Fsp3) is 0.625. The molecule has 0 saturated carbocycles. The first kappa shape index (κ1) is 16.2. The number of likely N-dealkylation sites (N-methyl/N-ethyl adjacent to an activating group) is 1. The van der Waals surface area contributed by atoms with Gasteiger partial charge in [0.05, 0.1) is 6.61 Å². The van der Waals surface area contributed by atoms with E-state index in [1.165, 1.54) is 16.7 Å². The van der Waals surface area contributed by atoms with Crippen molar-refractivity contribution in [2.24, 2.45) is 5.73 Å². The van der Waals surface area contributed by atoms with Crippen molar-refractivity contribution in [3.63, 3.8) is 0 Å². The molecular formula is C16H28N2O. The zero-order valence-corrected chi connectivity index (χ0v) is 12.9. The second kappa shape index (κ2) is 7.63. The van der Waals surface area contributed by atoms with Gasteiger partial charge in [0.25, 0.3) is 0 Å². The van der Waals surface area contributed by atoms with Crippen molar-refractivity contribution >= 4 is 0 Å². The Balaban J connectivity index is 3.02. The number of aryl methyl sites for hydroxylation is 2. The van der Waals surface area contributed by atoms with Gasteiger partial charge in [-0.2, -0.15) is 0 Å². The molecule has 3 heteroatoms. The number of hydrogen-bond donors (Lipinski definition) is 1. The molecule has 0 aliphatic carbocycles. The lowest BCUT2D eigenvalue weighted by atomic mass is 9.97. The molecular weight excluding hydrogens is 236 g/mol. The van der Waals surface area contributed by atoms with Gasteiger partial charge < -0.3 is 10.5 Å². The summed E-state index contributed by atoms with van der Waals surface area (Å²) in [5.74, 6) is 0. The van der Waals surface area contributed by atoms with Gasteiger partial charge in [0.1, 0.15) is 0 Å². The van der Waals surface area contributed by atoms with Crippen LogP contribution in [0, 0.1) is 13.8 Å². The van der Waals surface area contributed by atoms with Gasteiger partial charge in [0, 0.05) is 25.7 Å². The fourth-order valence-electron chi connectivity index (χ4n) is 2.82. The van der Waals surface area contributed by atoms with E-state index in [-0.39, 0.29) is 6.04 Å². The lowest BCUT2D eigenvalue weighted by Crippen LogP contribution is -2.42. The molecule has 0 saturated heterocycles. The lowest BCUT2D eigenvalue weighted by Gasteiger charge is -2.35. The van der Waals surface area contributed by atoms with E-state index in [0.717, 1.165) is 13.2 Å². The zero-order chi connectivity index (χ0) is 14.4. The van der Waals surface area contributed by atoms with Gasteiger partial charge in [-0.15, -0.1) is 0 Å². The average Bonchev–Trinajstić information content (AvgIpc) is 2.37. The number of nitrogens with zero attached hydrogens (tertiary/aromatic N) is 1. The van der Waals surface area contributed by atoms with E-state index in [2.05, 4.69) is 50.8 Å². The second-order valence-electron chi connectivity index (χ2n) is 5.25. The first-order chi connectivity index (χ1) is 9.04. The number of hydrogen-bond acceptors (Lipinski definition) is 3. The minimum Gasteiger partial charge on any atom is -0.383 e. The summed E-state index contributed by atoms with van der Waals surface area (Å²) in [5, 5.41) is 0. The van der Waals surface area contributed by atoms with Gasteiger partial charge in [0.2, 0.25) is 0 Å². The van der Waals surface area contributed by atoms with Crippen LogP contribution in [-0.4, -0.2) is 37.7 Å². The molecule has 2 atom stereocenters. The maximum Gasteiger partial charge on any atom is 0.0615 e. The van der Waals surface area contributed by atoms with Crippen molar-refractivity contribution in [3.8, 4) is 0 Å². The first-order valence-electron chi connectivity index (χ1n) is 7.07. The third-order valence-electron chi connectivity index (χ3n) is 3.75. The molecule has 0 aromatic heterocycles. The van der Waals surface area contributed by atoms with Gasteiger partial charge in [-0.3, -0.25) is 4.90 Å². The molecule has 3 nitrogen and oxygen atoms in total. The monoisotopic (exact) mass is 264 g/mol. The van der Waals surface area contributed by atoms with Crippen LogP contribution in [-0.2, 0) is 4.74 Å². The Morgan fingerprint density at radius 1 is 1.32 bits per heavy atom. The van der Waals surface area contributed by atoms with Crippen molar-refractivity contribution < 1.29 is 4.74 Å². The van der Waals surface area contributed by atoms with Crippen molar-refractivity contribution in [1.82, 2.24) is 4.90 Å². The molecule has 0 aliphatic heterocycles. The van der Waals surface area contributed by atoms with Crippen LogP contribution in [0.5, 0.6) is 0 Å². The zero-order valence-electron chi connectivity index (χ0n) is 12.9. The standard InChI is InChI=1S/C16H28N2O/c1-6-18(14(4)11-19-5)16(10-17)15-8-7-12(2)9-13(15)3/h7-9,14,16H,6,10-11,17H2,1-5H3. The summed E-state index contributed by atoms with van der Waals surface area (Å²) in [6.45, 7) is 11.0. The quantitative estimate of drug-likeness (QED) is 0.823.